The zero-order valence-electron chi connectivity index (χ0n) is 9.45. The molecule has 0 amide bonds. The first-order valence-electron chi connectivity index (χ1n) is 6.22. The zero-order chi connectivity index (χ0) is 11.2. The third-order valence-corrected chi connectivity index (χ3v) is 4.76. The summed E-state index contributed by atoms with van der Waals surface area (Å²) in [5.41, 5.74) is 8.00. The molecule has 86 valence electrons. The van der Waals surface area contributed by atoms with E-state index in [2.05, 4.69) is 40.2 Å². The van der Waals surface area contributed by atoms with Crippen LogP contribution >= 0.6 is 15.9 Å². The van der Waals surface area contributed by atoms with Crippen LogP contribution in [0, 0.1) is 5.92 Å². The smallest absolute Gasteiger partial charge is 0.0233 e. The van der Waals surface area contributed by atoms with Gasteiger partial charge in [-0.15, -0.1) is 0 Å². The van der Waals surface area contributed by atoms with E-state index in [1.807, 2.05) is 0 Å². The van der Waals surface area contributed by atoms with E-state index in [9.17, 15) is 0 Å². The minimum Gasteiger partial charge on any atom is -0.325 e. The van der Waals surface area contributed by atoms with E-state index in [1.165, 1.54) is 42.1 Å². The van der Waals surface area contributed by atoms with Crippen molar-refractivity contribution in [3.05, 3.63) is 34.3 Å². The van der Waals surface area contributed by atoms with Crippen LogP contribution in [-0.4, -0.2) is 5.54 Å². The summed E-state index contributed by atoms with van der Waals surface area (Å²) in [4.78, 5) is 0. The molecule has 2 atom stereocenters. The highest BCUT2D eigenvalue weighted by Crippen LogP contribution is 2.55. The highest BCUT2D eigenvalue weighted by atomic mass is 79.9. The van der Waals surface area contributed by atoms with Gasteiger partial charge in [0, 0.05) is 15.9 Å². The molecule has 2 aliphatic rings. The fourth-order valence-electron chi connectivity index (χ4n) is 2.95. The number of benzene rings is 1. The van der Waals surface area contributed by atoms with E-state index in [4.69, 9.17) is 5.73 Å². The quantitative estimate of drug-likeness (QED) is 0.894. The van der Waals surface area contributed by atoms with Crippen LogP contribution in [0.25, 0.3) is 0 Å². The number of rotatable bonds is 3. The molecule has 0 heterocycles. The van der Waals surface area contributed by atoms with Crippen molar-refractivity contribution in [2.75, 3.05) is 0 Å². The number of nitrogens with two attached hydrogens (primary N) is 1. The molecule has 0 bridgehead atoms. The lowest BCUT2D eigenvalue weighted by molar-refractivity contribution is 0.267. The maximum Gasteiger partial charge on any atom is 0.0233 e. The van der Waals surface area contributed by atoms with Gasteiger partial charge in [-0.05, 0) is 36.5 Å². The van der Waals surface area contributed by atoms with Crippen molar-refractivity contribution in [2.24, 2.45) is 11.7 Å². The Balaban J connectivity index is 1.69. The molecule has 1 aromatic carbocycles. The minimum absolute atomic E-state index is 0.117. The Labute approximate surface area is 106 Å². The molecule has 0 spiro atoms. The third kappa shape index (κ3) is 1.93. The molecule has 2 heteroatoms. The Morgan fingerprint density at radius 3 is 2.81 bits per heavy atom. The summed E-state index contributed by atoms with van der Waals surface area (Å²) in [5, 5.41) is 0. The van der Waals surface area contributed by atoms with Gasteiger partial charge in [0.25, 0.3) is 0 Å². The summed E-state index contributed by atoms with van der Waals surface area (Å²) in [6, 6.07) is 8.63. The van der Waals surface area contributed by atoms with Crippen LogP contribution in [0.2, 0.25) is 0 Å². The zero-order valence-corrected chi connectivity index (χ0v) is 11.0. The number of hydrogen-bond acceptors (Lipinski definition) is 1. The molecule has 2 saturated carbocycles. The van der Waals surface area contributed by atoms with Crippen LogP contribution < -0.4 is 5.73 Å². The summed E-state index contributed by atoms with van der Waals surface area (Å²) < 4.78 is 1.17. The second-order valence-electron chi connectivity index (χ2n) is 5.55. The summed E-state index contributed by atoms with van der Waals surface area (Å²) in [7, 11) is 0. The molecule has 0 aliphatic heterocycles. The van der Waals surface area contributed by atoms with Crippen molar-refractivity contribution >= 4 is 15.9 Å². The maximum absolute atomic E-state index is 6.47. The molecule has 16 heavy (non-hydrogen) atoms. The fraction of sp³-hybridized carbons (Fsp3) is 0.571. The first kappa shape index (κ1) is 10.8. The van der Waals surface area contributed by atoms with E-state index in [0.717, 1.165) is 5.92 Å². The van der Waals surface area contributed by atoms with Crippen LogP contribution in [0.4, 0.5) is 0 Å². The van der Waals surface area contributed by atoms with Gasteiger partial charge in [0.15, 0.2) is 0 Å². The Kier molecular flexibility index (Phi) is 2.60. The van der Waals surface area contributed by atoms with Crippen molar-refractivity contribution in [3.63, 3.8) is 0 Å². The van der Waals surface area contributed by atoms with Gasteiger partial charge in [0.1, 0.15) is 0 Å². The molecule has 2 fully saturated rings. The molecule has 1 nitrogen and oxygen atoms in total. The van der Waals surface area contributed by atoms with Crippen LogP contribution in [0.15, 0.2) is 28.7 Å². The molecule has 1 aromatic rings. The number of hydrogen-bond donors (Lipinski definition) is 1. The normalized spacial score (nSPS) is 33.5. The van der Waals surface area contributed by atoms with Crippen LogP contribution in [0.5, 0.6) is 0 Å². The van der Waals surface area contributed by atoms with Crippen molar-refractivity contribution in [3.8, 4) is 0 Å². The van der Waals surface area contributed by atoms with E-state index in [-0.39, 0.29) is 5.54 Å². The lowest BCUT2D eigenvalue weighted by Gasteiger charge is -2.28. The molecule has 2 unspecified atom stereocenters. The lowest BCUT2D eigenvalue weighted by atomic mass is 9.79. The van der Waals surface area contributed by atoms with Gasteiger partial charge in [0.2, 0.25) is 0 Å². The molecule has 2 aliphatic carbocycles. The third-order valence-electron chi connectivity index (χ3n) is 4.26. The van der Waals surface area contributed by atoms with Crippen LogP contribution in [0.3, 0.4) is 0 Å². The van der Waals surface area contributed by atoms with Crippen molar-refractivity contribution in [1.82, 2.24) is 0 Å². The van der Waals surface area contributed by atoms with Crippen molar-refractivity contribution in [2.45, 2.75) is 43.6 Å². The van der Waals surface area contributed by atoms with E-state index in [1.54, 1.807) is 0 Å². The monoisotopic (exact) mass is 279 g/mol. The topological polar surface area (TPSA) is 26.0 Å². The predicted octanol–water partition coefficient (Wildman–Crippen LogP) is 3.82. The molecule has 0 saturated heterocycles. The van der Waals surface area contributed by atoms with Crippen LogP contribution in [0.1, 0.15) is 43.6 Å². The van der Waals surface area contributed by atoms with E-state index in [0.29, 0.717) is 5.92 Å². The van der Waals surface area contributed by atoms with Gasteiger partial charge in [-0.3, -0.25) is 0 Å². The first-order chi connectivity index (χ1) is 7.67. The Morgan fingerprint density at radius 1 is 1.38 bits per heavy atom. The second-order valence-corrected chi connectivity index (χ2v) is 6.46. The molecule has 0 radical (unpaired) electrons. The molecular weight excluding hydrogens is 262 g/mol. The highest BCUT2D eigenvalue weighted by molar-refractivity contribution is 9.10. The lowest BCUT2D eigenvalue weighted by Crippen LogP contribution is -2.30. The number of halogens is 1. The Morgan fingerprint density at radius 2 is 2.19 bits per heavy atom. The maximum atomic E-state index is 6.47. The van der Waals surface area contributed by atoms with Gasteiger partial charge >= 0.3 is 0 Å². The summed E-state index contributed by atoms with van der Waals surface area (Å²) >= 11 is 3.53. The predicted molar refractivity (Wildman–Crippen MR) is 70.4 cm³/mol. The second kappa shape index (κ2) is 3.85. The van der Waals surface area contributed by atoms with Gasteiger partial charge in [-0.2, -0.15) is 0 Å². The standard InChI is InChI=1S/C14H18BrN/c15-12-6-2-5-11(7-12)13-9-14(13,16)8-10-3-1-4-10/h2,5-7,10,13H,1,3-4,8-9,16H2. The van der Waals surface area contributed by atoms with Gasteiger partial charge < -0.3 is 5.73 Å². The summed E-state index contributed by atoms with van der Waals surface area (Å²) in [5.74, 6) is 1.52. The largest absolute Gasteiger partial charge is 0.325 e. The van der Waals surface area contributed by atoms with Crippen molar-refractivity contribution < 1.29 is 0 Å². The first-order valence-corrected chi connectivity index (χ1v) is 7.01. The Hall–Kier alpha value is -0.340. The highest BCUT2D eigenvalue weighted by Gasteiger charge is 2.52. The average molecular weight is 280 g/mol. The van der Waals surface area contributed by atoms with Gasteiger partial charge in [-0.1, -0.05) is 47.3 Å². The molecule has 2 N–H and O–H groups in total. The van der Waals surface area contributed by atoms with E-state index < -0.39 is 0 Å². The SMILES string of the molecule is NC1(CC2CCC2)CC1c1cccc(Br)c1. The molecular formula is C14H18BrN. The fourth-order valence-corrected chi connectivity index (χ4v) is 3.37. The molecule has 0 aromatic heterocycles. The summed E-state index contributed by atoms with van der Waals surface area (Å²) in [6.45, 7) is 0. The summed E-state index contributed by atoms with van der Waals surface area (Å²) in [6.07, 6.45) is 6.65. The van der Waals surface area contributed by atoms with Gasteiger partial charge in [0.05, 0.1) is 0 Å². The minimum atomic E-state index is 0.117. The molecule has 3 rings (SSSR count). The van der Waals surface area contributed by atoms with Gasteiger partial charge in [-0.25, -0.2) is 0 Å². The van der Waals surface area contributed by atoms with Crippen LogP contribution in [-0.2, 0) is 0 Å². The van der Waals surface area contributed by atoms with Crippen molar-refractivity contribution in [1.29, 1.82) is 0 Å². The Bertz CT molecular complexity index is 399. The average Bonchev–Trinajstić information content (AvgIpc) is 2.86. The van der Waals surface area contributed by atoms with E-state index >= 15 is 0 Å².